The Hall–Kier alpha value is -3.00. The van der Waals surface area contributed by atoms with E-state index in [1.807, 2.05) is 60.7 Å². The van der Waals surface area contributed by atoms with Crippen LogP contribution in [0.2, 0.25) is 0 Å². The number of allylic oxidation sites excluding steroid dienone is 1. The van der Waals surface area contributed by atoms with Gasteiger partial charge in [-0.15, -0.1) is 0 Å². The molecule has 0 spiro atoms. The van der Waals surface area contributed by atoms with Gasteiger partial charge in [0.15, 0.2) is 6.29 Å². The summed E-state index contributed by atoms with van der Waals surface area (Å²) in [6.07, 6.45) is 5.56. The van der Waals surface area contributed by atoms with Gasteiger partial charge in [-0.1, -0.05) is 117 Å². The van der Waals surface area contributed by atoms with Crippen molar-refractivity contribution >= 4 is 0 Å². The maximum absolute atomic E-state index is 6.74. The fraction of sp³-hybridized carbons (Fsp3) is 0.474. The van der Waals surface area contributed by atoms with Crippen LogP contribution in [0.3, 0.4) is 0 Å². The van der Waals surface area contributed by atoms with Gasteiger partial charge in [0, 0.05) is 6.61 Å². The van der Waals surface area contributed by atoms with Gasteiger partial charge in [-0.05, 0) is 49.1 Å². The highest BCUT2D eigenvalue weighted by molar-refractivity contribution is 5.26. The van der Waals surface area contributed by atoms with E-state index in [0.717, 1.165) is 40.9 Å². The molecule has 4 rings (SSSR count). The molecule has 1 saturated heterocycles. The van der Waals surface area contributed by atoms with Crippen LogP contribution in [0.25, 0.3) is 0 Å². The molecule has 1 aliphatic rings. The fourth-order valence-electron chi connectivity index (χ4n) is 5.35. The smallest absolute Gasteiger partial charge is 0.187 e. The first-order valence-corrected chi connectivity index (χ1v) is 16.0. The highest BCUT2D eigenvalue weighted by atomic mass is 16.7. The number of benzene rings is 3. The molecule has 0 bridgehead atoms. The number of rotatable bonds is 18. The molecule has 3 aromatic carbocycles. The Morgan fingerprint density at radius 2 is 1.20 bits per heavy atom. The van der Waals surface area contributed by atoms with Crippen LogP contribution in [-0.2, 0) is 43.5 Å². The lowest BCUT2D eigenvalue weighted by Crippen LogP contribution is -2.60. The Bertz CT molecular complexity index is 1210. The maximum Gasteiger partial charge on any atom is 0.187 e. The van der Waals surface area contributed by atoms with E-state index in [2.05, 4.69) is 51.1 Å². The second-order valence-corrected chi connectivity index (χ2v) is 11.6. The molecule has 238 valence electrons. The molecule has 0 N–H and O–H groups in total. The molecule has 1 fully saturated rings. The zero-order valence-electron chi connectivity index (χ0n) is 26.9. The second-order valence-electron chi connectivity index (χ2n) is 11.6. The molecule has 0 radical (unpaired) electrons. The van der Waals surface area contributed by atoms with Gasteiger partial charge in [-0.2, -0.15) is 0 Å². The molecule has 6 heteroatoms. The molecular formula is C38H50O6. The topological polar surface area (TPSA) is 55.4 Å². The van der Waals surface area contributed by atoms with E-state index in [9.17, 15) is 0 Å². The number of methoxy groups -OCH3 is 1. The van der Waals surface area contributed by atoms with E-state index < -0.39 is 24.6 Å². The number of hydrogen-bond donors (Lipinski definition) is 0. The Morgan fingerprint density at radius 3 is 1.80 bits per heavy atom. The van der Waals surface area contributed by atoms with Crippen LogP contribution in [0, 0.1) is 0 Å². The van der Waals surface area contributed by atoms with Crippen molar-refractivity contribution in [3.8, 4) is 5.75 Å². The van der Waals surface area contributed by atoms with Gasteiger partial charge in [-0.3, -0.25) is 0 Å². The third-order valence-electron chi connectivity index (χ3n) is 7.73. The Morgan fingerprint density at radius 1 is 0.636 bits per heavy atom. The molecular weight excluding hydrogens is 552 g/mol. The Kier molecular flexibility index (Phi) is 14.4. The van der Waals surface area contributed by atoms with E-state index in [4.69, 9.17) is 28.4 Å². The van der Waals surface area contributed by atoms with Crippen LogP contribution in [-0.4, -0.2) is 44.4 Å². The summed E-state index contributed by atoms with van der Waals surface area (Å²) in [7, 11) is 1.67. The number of hydrogen-bond acceptors (Lipinski definition) is 6. The van der Waals surface area contributed by atoms with Crippen molar-refractivity contribution in [1.29, 1.82) is 0 Å². The van der Waals surface area contributed by atoms with Crippen molar-refractivity contribution < 1.29 is 28.4 Å². The zero-order chi connectivity index (χ0) is 31.0. The number of unbranched alkanes of at least 4 members (excludes halogenated alkanes) is 4. The normalized spacial score (nSPS) is 21.6. The summed E-state index contributed by atoms with van der Waals surface area (Å²) in [5.74, 6) is 0.814. The minimum Gasteiger partial charge on any atom is -0.497 e. The lowest BCUT2D eigenvalue weighted by molar-refractivity contribution is -0.316. The SMILES string of the molecule is CCCCCCCO[C@@H]1[C@@H](OCc2ccccc2)[C@@H](OCc2ccccc2)O[C@H](C=C(C)C)[C@H]1OCc1ccc(OC)cc1. The highest BCUT2D eigenvalue weighted by Gasteiger charge is 2.48. The van der Waals surface area contributed by atoms with Crippen molar-refractivity contribution in [1.82, 2.24) is 0 Å². The zero-order valence-corrected chi connectivity index (χ0v) is 26.9. The van der Waals surface area contributed by atoms with Crippen LogP contribution in [0.4, 0.5) is 0 Å². The fourth-order valence-corrected chi connectivity index (χ4v) is 5.35. The lowest BCUT2D eigenvalue weighted by Gasteiger charge is -2.45. The first kappa shape index (κ1) is 33.9. The first-order valence-electron chi connectivity index (χ1n) is 16.0. The molecule has 3 aromatic rings. The minimum absolute atomic E-state index is 0.374. The Balaban J connectivity index is 1.60. The third kappa shape index (κ3) is 10.9. The third-order valence-corrected chi connectivity index (χ3v) is 7.73. The van der Waals surface area contributed by atoms with Crippen molar-refractivity contribution in [2.75, 3.05) is 13.7 Å². The van der Waals surface area contributed by atoms with Crippen molar-refractivity contribution in [3.05, 3.63) is 113 Å². The Labute approximate surface area is 264 Å². The molecule has 5 atom stereocenters. The van der Waals surface area contributed by atoms with E-state index in [1.54, 1.807) is 7.11 Å². The quantitative estimate of drug-likeness (QED) is 0.108. The van der Waals surface area contributed by atoms with E-state index in [0.29, 0.717) is 26.4 Å². The van der Waals surface area contributed by atoms with Crippen LogP contribution in [0.1, 0.15) is 69.6 Å². The second kappa shape index (κ2) is 18.7. The van der Waals surface area contributed by atoms with Crippen LogP contribution in [0.5, 0.6) is 5.75 Å². The maximum atomic E-state index is 6.74. The predicted molar refractivity (Wildman–Crippen MR) is 174 cm³/mol. The van der Waals surface area contributed by atoms with Gasteiger partial charge in [0.1, 0.15) is 30.2 Å². The summed E-state index contributed by atoms with van der Waals surface area (Å²) in [6.45, 7) is 8.22. The minimum atomic E-state index is -0.648. The highest BCUT2D eigenvalue weighted by Crippen LogP contribution is 2.32. The van der Waals surface area contributed by atoms with Crippen LogP contribution >= 0.6 is 0 Å². The van der Waals surface area contributed by atoms with Gasteiger partial charge in [0.2, 0.25) is 0 Å². The summed E-state index contributed by atoms with van der Waals surface area (Å²) >= 11 is 0. The summed E-state index contributed by atoms with van der Waals surface area (Å²) in [5.41, 5.74) is 4.33. The van der Waals surface area contributed by atoms with Gasteiger partial charge in [-0.25, -0.2) is 0 Å². The standard InChI is InChI=1S/C38H50O6/c1-5-6-7-8-15-24-40-36-35(41-27-32-20-22-33(39-4)23-21-32)34(25-29(2)3)44-38(43-28-31-18-13-10-14-19-31)37(36)42-26-30-16-11-9-12-17-30/h9-14,16-23,25,34-38H,5-8,15,24,26-28H2,1-4H3/t34-,35-,36+,37-,38+/m1/s1. The average molecular weight is 603 g/mol. The summed E-state index contributed by atoms with van der Waals surface area (Å²) in [4.78, 5) is 0. The molecule has 6 nitrogen and oxygen atoms in total. The van der Waals surface area contributed by atoms with Crippen LogP contribution in [0.15, 0.2) is 96.6 Å². The van der Waals surface area contributed by atoms with Crippen molar-refractivity contribution in [2.24, 2.45) is 0 Å². The molecule has 0 amide bonds. The predicted octanol–water partition coefficient (Wildman–Crippen LogP) is 8.43. The first-order chi connectivity index (χ1) is 21.6. The monoisotopic (exact) mass is 602 g/mol. The molecule has 1 heterocycles. The largest absolute Gasteiger partial charge is 0.497 e. The molecule has 0 unspecified atom stereocenters. The summed E-state index contributed by atoms with van der Waals surface area (Å²) < 4.78 is 38.6. The van der Waals surface area contributed by atoms with E-state index in [1.165, 1.54) is 19.3 Å². The lowest BCUT2D eigenvalue weighted by atomic mass is 9.96. The van der Waals surface area contributed by atoms with E-state index in [-0.39, 0.29) is 6.10 Å². The molecule has 44 heavy (non-hydrogen) atoms. The van der Waals surface area contributed by atoms with Gasteiger partial charge in [0.05, 0.1) is 26.9 Å². The number of ether oxygens (including phenoxy) is 6. The van der Waals surface area contributed by atoms with Crippen molar-refractivity contribution in [2.45, 2.75) is 103 Å². The van der Waals surface area contributed by atoms with Crippen LogP contribution < -0.4 is 4.74 Å². The van der Waals surface area contributed by atoms with Gasteiger partial charge < -0.3 is 28.4 Å². The van der Waals surface area contributed by atoms with Gasteiger partial charge in [0.25, 0.3) is 0 Å². The van der Waals surface area contributed by atoms with E-state index >= 15 is 0 Å². The molecule has 0 aromatic heterocycles. The molecule has 0 aliphatic carbocycles. The summed E-state index contributed by atoms with van der Waals surface area (Å²) in [5, 5.41) is 0. The molecule has 0 saturated carbocycles. The summed E-state index contributed by atoms with van der Waals surface area (Å²) in [6, 6.07) is 28.3. The van der Waals surface area contributed by atoms with Crippen molar-refractivity contribution in [3.63, 3.8) is 0 Å². The average Bonchev–Trinajstić information content (AvgIpc) is 3.05. The molecule has 1 aliphatic heterocycles. The van der Waals surface area contributed by atoms with Gasteiger partial charge >= 0.3 is 0 Å².